The van der Waals surface area contributed by atoms with Crippen molar-refractivity contribution in [2.24, 2.45) is 0 Å². The van der Waals surface area contributed by atoms with E-state index >= 15 is 0 Å². The molecule has 0 spiro atoms. The van der Waals surface area contributed by atoms with Crippen LogP contribution >= 0.6 is 0 Å². The maximum atomic E-state index is 8.67. The van der Waals surface area contributed by atoms with Crippen LogP contribution in [0.1, 0.15) is 0 Å². The Morgan fingerprint density at radius 2 is 0.714 bits per heavy atom. The third-order valence-corrected chi connectivity index (χ3v) is 0. The van der Waals surface area contributed by atoms with Crippen LogP contribution in [-0.4, -0.2) is 0 Å². The van der Waals surface area contributed by atoms with Crippen LogP contribution in [0.5, 0.6) is 0 Å². The van der Waals surface area contributed by atoms with E-state index in [0.717, 1.165) is 0 Å². The second-order valence-electron chi connectivity index (χ2n) is 0.745. The molecule has 0 amide bonds. The Hall–Kier alpha value is 0.455. The molecule has 0 atom stereocenters. The Bertz CT molecular complexity index is 278. The molecule has 7 heavy (non-hydrogen) atoms. The van der Waals surface area contributed by atoms with Gasteiger partial charge in [0.15, 0.2) is 0 Å². The van der Waals surface area contributed by atoms with Gasteiger partial charge < -0.3 is 0 Å². The van der Waals surface area contributed by atoms with E-state index in [0.29, 0.717) is 0 Å². The van der Waals surface area contributed by atoms with E-state index in [2.05, 4.69) is 0 Å². The van der Waals surface area contributed by atoms with Gasteiger partial charge in [0.25, 0.3) is 0 Å². The van der Waals surface area contributed by atoms with E-state index in [1.54, 1.807) is 0 Å². The van der Waals surface area contributed by atoms with Crippen LogP contribution in [0.3, 0.4) is 0 Å². The van der Waals surface area contributed by atoms with E-state index in [9.17, 15) is 0 Å². The Morgan fingerprint density at radius 3 is 0.714 bits per heavy atom. The fourth-order valence-corrected chi connectivity index (χ4v) is 0. The fourth-order valence-electron chi connectivity index (χ4n) is 0. The van der Waals surface area contributed by atoms with Gasteiger partial charge in [0.2, 0.25) is 0 Å². The summed E-state index contributed by atoms with van der Waals surface area (Å²) in [4.78, 5) is 0. The summed E-state index contributed by atoms with van der Waals surface area (Å²) in [7, 11) is 0. The molecule has 0 unspecified atom stereocenters. The van der Waals surface area contributed by atoms with E-state index in [4.69, 9.17) is 16.3 Å². The summed E-state index contributed by atoms with van der Waals surface area (Å²) in [6.45, 7) is 0. The third-order valence-electron chi connectivity index (χ3n) is 0. The summed E-state index contributed by atoms with van der Waals surface area (Å²) < 4.78 is 43.4. The van der Waals surface area contributed by atoms with Gasteiger partial charge in [-0.25, -0.2) is 0 Å². The molecule has 0 aromatic rings. The third kappa shape index (κ3) is 620. The average Bonchev–Trinajstić information content (AvgIpc) is 0.650. The second kappa shape index (κ2) is 1.76. The molecule has 0 fully saturated rings. The van der Waals surface area contributed by atoms with Gasteiger partial charge in [-0.15, -0.1) is 0 Å². The quantitative estimate of drug-likeness (QED) is 0.558. The normalized spacial score (nSPS) is 8.57. The summed E-state index contributed by atoms with van der Waals surface area (Å²) in [5, 5.41) is 0. The van der Waals surface area contributed by atoms with Gasteiger partial charge in [0, 0.05) is 21.7 Å². The first-order valence-corrected chi connectivity index (χ1v) is 7.47. The molecule has 0 aliphatic rings. The van der Waals surface area contributed by atoms with Crippen molar-refractivity contribution >= 4 is 0 Å². The molecule has 0 heterocycles. The Morgan fingerprint density at radius 1 is 0.714 bits per heavy atom. The van der Waals surface area contributed by atoms with Gasteiger partial charge in [-0.2, -0.15) is 0 Å². The van der Waals surface area contributed by atoms with E-state index < -0.39 is 15.7 Å². The summed E-state index contributed by atoms with van der Waals surface area (Å²) >= 11 is -8.05. The van der Waals surface area contributed by atoms with Crippen LogP contribution in [0.2, 0.25) is 0 Å². The predicted octanol–water partition coefficient (Wildman–Crippen LogP) is -0.599. The summed E-state index contributed by atoms with van der Waals surface area (Å²) in [6, 6.07) is 0. The van der Waals surface area contributed by atoms with Crippen molar-refractivity contribution < 1.29 is 53.7 Å². The molecule has 0 aromatic carbocycles. The SMILES string of the molecule is [O]=[Ta](=[O])(=[O])(=[O])=[O].[Ti]. The minimum atomic E-state index is -8.05. The van der Waals surface area contributed by atoms with Gasteiger partial charge in [0.05, 0.1) is 0 Å². The van der Waals surface area contributed by atoms with Gasteiger partial charge >= 0.3 is 31.9 Å². The van der Waals surface area contributed by atoms with E-state index in [1.165, 1.54) is 0 Å². The van der Waals surface area contributed by atoms with E-state index in [1.807, 2.05) is 0 Å². The first-order valence-electron chi connectivity index (χ1n) is 0.913. The molecule has 0 radical (unpaired) electrons. The van der Waals surface area contributed by atoms with Gasteiger partial charge in [-0.1, -0.05) is 0 Å². The standard InChI is InChI=1S/5O.Ta.Ti. The molecule has 39 valence electrons. The van der Waals surface area contributed by atoms with Crippen LogP contribution < -0.4 is 0 Å². The van der Waals surface area contributed by atoms with Crippen LogP contribution in [0, 0.1) is 0 Å². The van der Waals surface area contributed by atoms with Crippen molar-refractivity contribution in [1.82, 2.24) is 0 Å². The van der Waals surface area contributed by atoms with Gasteiger partial charge in [0.1, 0.15) is 0 Å². The van der Waals surface area contributed by atoms with Crippen LogP contribution in [0.25, 0.3) is 0 Å². The zero-order valence-electron chi connectivity index (χ0n) is 2.99. The molecule has 0 aliphatic heterocycles. The van der Waals surface area contributed by atoms with Crippen molar-refractivity contribution in [3.63, 3.8) is 0 Å². The van der Waals surface area contributed by atoms with Crippen LogP contribution in [0.15, 0.2) is 0 Å². The molecule has 0 rings (SSSR count). The average molecular weight is 309 g/mol. The molecule has 0 bridgehead atoms. The summed E-state index contributed by atoms with van der Waals surface area (Å²) in [5.74, 6) is 0. The summed E-state index contributed by atoms with van der Waals surface area (Å²) in [6.07, 6.45) is 0. The number of hydrogen-bond donors (Lipinski definition) is 0. The van der Waals surface area contributed by atoms with Crippen molar-refractivity contribution in [3.8, 4) is 0 Å². The van der Waals surface area contributed by atoms with Crippen molar-refractivity contribution in [1.29, 1.82) is 0 Å². The molecular formula is O5TaTi. The van der Waals surface area contributed by atoms with Crippen molar-refractivity contribution in [2.75, 3.05) is 0 Å². The minimum absolute atomic E-state index is 0. The second-order valence-corrected chi connectivity index (χ2v) is 6.10. The molecule has 0 aliphatic carbocycles. The van der Waals surface area contributed by atoms with Crippen molar-refractivity contribution in [3.05, 3.63) is 0 Å². The van der Waals surface area contributed by atoms with Crippen LogP contribution in [0.4, 0.5) is 0 Å². The molecule has 0 N–H and O–H groups in total. The predicted molar refractivity (Wildman–Crippen MR) is 3.43 cm³/mol. The Kier molecular flexibility index (Phi) is 2.62. The van der Waals surface area contributed by atoms with Gasteiger partial charge in [-0.3, -0.25) is 0 Å². The molecule has 7 heteroatoms. The zero-order chi connectivity index (χ0) is 5.45. The largest absolute Gasteiger partial charge is 0 e. The number of hydrogen-bond acceptors (Lipinski definition) is 5. The Labute approximate surface area is 53.6 Å². The first kappa shape index (κ1) is 10.4. The fraction of sp³-hybridized carbons (Fsp3) is 0. The molecule has 5 nitrogen and oxygen atoms in total. The maximum Gasteiger partial charge on any atom is 0 e. The first-order chi connectivity index (χ1) is 2.24. The topological polar surface area (TPSA) is 85.3 Å². The maximum absolute atomic E-state index is 8.67. The van der Waals surface area contributed by atoms with Crippen molar-refractivity contribution in [2.45, 2.75) is 0 Å². The minimum Gasteiger partial charge on any atom is 0 e. The number of rotatable bonds is 0. The molecular weight excluding hydrogens is 309 g/mol. The molecule has 0 aromatic heterocycles. The Balaban J connectivity index is 0. The monoisotopic (exact) mass is 309 g/mol. The summed E-state index contributed by atoms with van der Waals surface area (Å²) in [5.41, 5.74) is 0. The van der Waals surface area contributed by atoms with Crippen LogP contribution in [-0.2, 0) is 53.7 Å². The zero-order valence-corrected chi connectivity index (χ0v) is 7.76. The van der Waals surface area contributed by atoms with E-state index in [-0.39, 0.29) is 21.7 Å². The molecule has 0 saturated carbocycles. The van der Waals surface area contributed by atoms with Gasteiger partial charge in [-0.05, 0) is 0 Å². The smallest absolute Gasteiger partial charge is 0 e. The molecule has 0 saturated heterocycles.